The van der Waals surface area contributed by atoms with Crippen molar-refractivity contribution in [3.63, 3.8) is 0 Å². The van der Waals surface area contributed by atoms with Crippen molar-refractivity contribution in [1.29, 1.82) is 5.26 Å². The standard InChI is InChI=1S/C14H20N4O3/c1-9-10(2)21-14(11(9)6-15)16-12(19)7-18(5)8-13(20)17(3)4/h7-8H2,1-5H3,(H,16,19). The van der Waals surface area contributed by atoms with Crippen LogP contribution >= 0.6 is 0 Å². The van der Waals surface area contributed by atoms with Crippen LogP contribution in [0.3, 0.4) is 0 Å². The average Bonchev–Trinajstić information content (AvgIpc) is 2.63. The molecule has 0 bridgehead atoms. The summed E-state index contributed by atoms with van der Waals surface area (Å²) in [5, 5.41) is 11.6. The van der Waals surface area contributed by atoms with Crippen molar-refractivity contribution in [2.75, 3.05) is 39.5 Å². The summed E-state index contributed by atoms with van der Waals surface area (Å²) >= 11 is 0. The van der Waals surface area contributed by atoms with Crippen molar-refractivity contribution in [3.05, 3.63) is 16.9 Å². The van der Waals surface area contributed by atoms with Gasteiger partial charge in [0.25, 0.3) is 0 Å². The first-order valence-corrected chi connectivity index (χ1v) is 6.44. The molecule has 0 atom stereocenters. The molecule has 0 aliphatic rings. The van der Waals surface area contributed by atoms with Gasteiger partial charge in [0.1, 0.15) is 17.4 Å². The predicted molar refractivity (Wildman–Crippen MR) is 77.7 cm³/mol. The van der Waals surface area contributed by atoms with E-state index in [1.807, 2.05) is 6.07 Å². The number of hydrogen-bond acceptors (Lipinski definition) is 5. The van der Waals surface area contributed by atoms with Gasteiger partial charge < -0.3 is 9.32 Å². The van der Waals surface area contributed by atoms with Crippen LogP contribution in [0.1, 0.15) is 16.9 Å². The highest BCUT2D eigenvalue weighted by Gasteiger charge is 2.18. The summed E-state index contributed by atoms with van der Waals surface area (Å²) in [5.41, 5.74) is 1.04. The van der Waals surface area contributed by atoms with E-state index in [0.717, 1.165) is 0 Å². The summed E-state index contributed by atoms with van der Waals surface area (Å²) in [4.78, 5) is 26.5. The van der Waals surface area contributed by atoms with Crippen molar-refractivity contribution >= 4 is 17.7 Å². The highest BCUT2D eigenvalue weighted by Crippen LogP contribution is 2.25. The summed E-state index contributed by atoms with van der Waals surface area (Å²) in [6.07, 6.45) is 0. The van der Waals surface area contributed by atoms with Gasteiger partial charge in [0, 0.05) is 19.7 Å². The van der Waals surface area contributed by atoms with Gasteiger partial charge in [0.05, 0.1) is 13.1 Å². The van der Waals surface area contributed by atoms with Crippen molar-refractivity contribution < 1.29 is 14.0 Å². The zero-order valence-electron chi connectivity index (χ0n) is 13.0. The molecule has 2 amide bonds. The molecular weight excluding hydrogens is 272 g/mol. The minimum Gasteiger partial charge on any atom is -0.444 e. The van der Waals surface area contributed by atoms with Gasteiger partial charge in [-0.05, 0) is 20.9 Å². The number of hydrogen-bond donors (Lipinski definition) is 1. The Kier molecular flexibility index (Phi) is 5.50. The molecule has 1 rings (SSSR count). The van der Waals surface area contributed by atoms with Crippen LogP contribution in [0.4, 0.5) is 5.88 Å². The predicted octanol–water partition coefficient (Wildman–Crippen LogP) is 0.727. The Hall–Kier alpha value is -2.33. The van der Waals surface area contributed by atoms with Crippen molar-refractivity contribution in [2.24, 2.45) is 0 Å². The maximum absolute atomic E-state index is 11.9. The summed E-state index contributed by atoms with van der Waals surface area (Å²) in [6, 6.07) is 2.01. The van der Waals surface area contributed by atoms with Crippen molar-refractivity contribution in [1.82, 2.24) is 9.80 Å². The van der Waals surface area contributed by atoms with E-state index in [1.165, 1.54) is 4.90 Å². The molecule has 7 nitrogen and oxygen atoms in total. The number of likely N-dealkylation sites (N-methyl/N-ethyl adjacent to an activating group) is 2. The molecule has 0 radical (unpaired) electrons. The first-order chi connectivity index (χ1) is 9.76. The lowest BCUT2D eigenvalue weighted by molar-refractivity contribution is -0.130. The van der Waals surface area contributed by atoms with E-state index in [2.05, 4.69) is 5.32 Å². The molecule has 1 heterocycles. The van der Waals surface area contributed by atoms with Crippen LogP contribution in [0.25, 0.3) is 0 Å². The molecule has 0 spiro atoms. The zero-order valence-corrected chi connectivity index (χ0v) is 13.0. The summed E-state index contributed by atoms with van der Waals surface area (Å²) in [5.74, 6) is 0.324. The summed E-state index contributed by atoms with van der Waals surface area (Å²) in [7, 11) is 4.98. The fourth-order valence-corrected chi connectivity index (χ4v) is 1.69. The second kappa shape index (κ2) is 6.90. The minimum atomic E-state index is -0.339. The molecule has 1 aromatic rings. The number of rotatable bonds is 5. The van der Waals surface area contributed by atoms with Crippen LogP contribution in [0.5, 0.6) is 0 Å². The normalized spacial score (nSPS) is 10.3. The number of furan rings is 1. The lowest BCUT2D eigenvalue weighted by Crippen LogP contribution is -2.38. The number of carbonyl (C=O) groups is 2. The maximum Gasteiger partial charge on any atom is 0.240 e. The Labute approximate surface area is 124 Å². The van der Waals surface area contributed by atoms with Crippen LogP contribution in [-0.2, 0) is 9.59 Å². The van der Waals surface area contributed by atoms with Gasteiger partial charge in [-0.2, -0.15) is 5.26 Å². The first-order valence-electron chi connectivity index (χ1n) is 6.44. The van der Waals surface area contributed by atoms with Crippen LogP contribution in [0.15, 0.2) is 4.42 Å². The highest BCUT2D eigenvalue weighted by molar-refractivity contribution is 5.92. The van der Waals surface area contributed by atoms with E-state index in [4.69, 9.17) is 9.68 Å². The van der Waals surface area contributed by atoms with Gasteiger partial charge >= 0.3 is 0 Å². The number of nitrogens with zero attached hydrogens (tertiary/aromatic N) is 3. The van der Waals surface area contributed by atoms with Gasteiger partial charge in [0.2, 0.25) is 17.7 Å². The third kappa shape index (κ3) is 4.33. The van der Waals surface area contributed by atoms with Crippen LogP contribution in [-0.4, -0.2) is 55.8 Å². The monoisotopic (exact) mass is 292 g/mol. The van der Waals surface area contributed by atoms with Gasteiger partial charge in [-0.3, -0.25) is 19.8 Å². The number of anilines is 1. The molecule has 21 heavy (non-hydrogen) atoms. The van der Waals surface area contributed by atoms with E-state index in [0.29, 0.717) is 16.9 Å². The lowest BCUT2D eigenvalue weighted by atomic mass is 10.2. The van der Waals surface area contributed by atoms with Crippen molar-refractivity contribution in [2.45, 2.75) is 13.8 Å². The van der Waals surface area contributed by atoms with Crippen LogP contribution < -0.4 is 5.32 Å². The average molecular weight is 292 g/mol. The van der Waals surface area contributed by atoms with Crippen LogP contribution in [0.2, 0.25) is 0 Å². The topological polar surface area (TPSA) is 89.6 Å². The van der Waals surface area contributed by atoms with E-state index in [9.17, 15) is 9.59 Å². The molecule has 0 aliphatic carbocycles. The Morgan fingerprint density at radius 3 is 2.38 bits per heavy atom. The Morgan fingerprint density at radius 1 is 1.24 bits per heavy atom. The van der Waals surface area contributed by atoms with E-state index < -0.39 is 0 Å². The third-order valence-electron chi connectivity index (χ3n) is 3.07. The Bertz CT molecular complexity index is 584. The Morgan fingerprint density at radius 2 is 1.86 bits per heavy atom. The van der Waals surface area contributed by atoms with Gasteiger partial charge in [-0.15, -0.1) is 0 Å². The number of aryl methyl sites for hydroxylation is 1. The molecular formula is C14H20N4O3. The molecule has 0 fully saturated rings. The lowest BCUT2D eigenvalue weighted by Gasteiger charge is -2.18. The molecule has 0 aromatic carbocycles. The molecule has 0 saturated carbocycles. The van der Waals surface area contributed by atoms with E-state index in [1.54, 1.807) is 39.9 Å². The first kappa shape index (κ1) is 16.7. The largest absolute Gasteiger partial charge is 0.444 e. The fraction of sp³-hybridized carbons (Fsp3) is 0.500. The van der Waals surface area contributed by atoms with E-state index >= 15 is 0 Å². The molecule has 7 heteroatoms. The third-order valence-corrected chi connectivity index (χ3v) is 3.07. The SMILES string of the molecule is Cc1oc(NC(=O)CN(C)CC(=O)N(C)C)c(C#N)c1C. The molecule has 1 aromatic heterocycles. The van der Waals surface area contributed by atoms with Gasteiger partial charge in [0.15, 0.2) is 0 Å². The van der Waals surface area contributed by atoms with E-state index in [-0.39, 0.29) is 30.8 Å². The summed E-state index contributed by atoms with van der Waals surface area (Å²) < 4.78 is 5.36. The second-order valence-electron chi connectivity index (χ2n) is 5.11. The molecule has 0 unspecified atom stereocenters. The smallest absolute Gasteiger partial charge is 0.240 e. The van der Waals surface area contributed by atoms with Gasteiger partial charge in [-0.25, -0.2) is 0 Å². The summed E-state index contributed by atoms with van der Waals surface area (Å²) in [6.45, 7) is 3.66. The number of amides is 2. The van der Waals surface area contributed by atoms with Gasteiger partial charge in [-0.1, -0.05) is 0 Å². The molecule has 1 N–H and O–H groups in total. The number of carbonyl (C=O) groups excluding carboxylic acids is 2. The highest BCUT2D eigenvalue weighted by atomic mass is 16.4. The maximum atomic E-state index is 11.9. The second-order valence-corrected chi connectivity index (χ2v) is 5.11. The number of nitriles is 1. The zero-order chi connectivity index (χ0) is 16.2. The quantitative estimate of drug-likeness (QED) is 0.864. The number of nitrogens with one attached hydrogen (secondary N) is 1. The minimum absolute atomic E-state index is 0.0310. The van der Waals surface area contributed by atoms with Crippen LogP contribution in [0, 0.1) is 25.2 Å². The molecule has 0 aliphatic heterocycles. The molecule has 114 valence electrons. The Balaban J connectivity index is 2.65. The molecule has 0 saturated heterocycles. The fourth-order valence-electron chi connectivity index (χ4n) is 1.69. The van der Waals surface area contributed by atoms with Crippen molar-refractivity contribution in [3.8, 4) is 6.07 Å².